The maximum atomic E-state index is 12.8. The summed E-state index contributed by atoms with van der Waals surface area (Å²) in [5, 5.41) is 9.70. The van der Waals surface area contributed by atoms with Crippen molar-refractivity contribution in [3.8, 4) is 11.4 Å². The molecule has 0 fully saturated rings. The third-order valence-corrected chi connectivity index (χ3v) is 4.96. The Balaban J connectivity index is 2.40. The Morgan fingerprint density at radius 3 is 2.70 bits per heavy atom. The van der Waals surface area contributed by atoms with Gasteiger partial charge in [-0.05, 0) is 32.4 Å². The highest BCUT2D eigenvalue weighted by Gasteiger charge is 2.18. The second-order valence-electron chi connectivity index (χ2n) is 5.55. The predicted octanol–water partition coefficient (Wildman–Crippen LogP) is 3.13. The highest BCUT2D eigenvalue weighted by molar-refractivity contribution is 7.18. The average molecular weight is 328 g/mol. The fourth-order valence-electron chi connectivity index (χ4n) is 2.61. The van der Waals surface area contributed by atoms with Gasteiger partial charge in [-0.15, -0.1) is 11.3 Å². The number of benzene rings is 1. The minimum Gasteiger partial charge on any atom is -0.480 e. The summed E-state index contributed by atoms with van der Waals surface area (Å²) in [7, 11) is 0. The normalized spacial score (nSPS) is 11.1. The van der Waals surface area contributed by atoms with Crippen LogP contribution < -0.4 is 5.56 Å². The van der Waals surface area contributed by atoms with E-state index in [1.807, 2.05) is 45.0 Å². The quantitative estimate of drug-likeness (QED) is 0.802. The molecule has 23 heavy (non-hydrogen) atoms. The number of fused-ring (bicyclic) bond motifs is 1. The summed E-state index contributed by atoms with van der Waals surface area (Å²) in [6, 6.07) is 7.56. The molecule has 0 unspecified atom stereocenters. The zero-order chi connectivity index (χ0) is 16.7. The second kappa shape index (κ2) is 5.62. The SMILES string of the molecule is Cc1cccc(-c2nc3sc(C)c(C)c3c(=O)n2CC(=O)O)c1. The first-order valence-corrected chi connectivity index (χ1v) is 7.99. The standard InChI is InChI=1S/C17H16N2O3S/c1-9-5-4-6-12(7-9)15-18-16-14(10(2)11(3)23-16)17(22)19(15)8-13(20)21/h4-7H,8H2,1-3H3,(H,20,21). The summed E-state index contributed by atoms with van der Waals surface area (Å²) in [4.78, 5) is 30.3. The molecule has 0 bridgehead atoms. The molecule has 0 radical (unpaired) electrons. The van der Waals surface area contributed by atoms with E-state index in [2.05, 4.69) is 4.98 Å². The van der Waals surface area contributed by atoms with Crippen LogP contribution in [0.3, 0.4) is 0 Å². The fraction of sp³-hybridized carbons (Fsp3) is 0.235. The first-order chi connectivity index (χ1) is 10.9. The lowest BCUT2D eigenvalue weighted by atomic mass is 10.1. The molecule has 0 aliphatic heterocycles. The van der Waals surface area contributed by atoms with Crippen molar-refractivity contribution in [1.29, 1.82) is 0 Å². The summed E-state index contributed by atoms with van der Waals surface area (Å²) in [5.41, 5.74) is 2.35. The maximum absolute atomic E-state index is 12.8. The van der Waals surface area contributed by atoms with Crippen LogP contribution in [0.5, 0.6) is 0 Å². The molecular weight excluding hydrogens is 312 g/mol. The zero-order valence-corrected chi connectivity index (χ0v) is 13.9. The predicted molar refractivity (Wildman–Crippen MR) is 91.2 cm³/mol. The number of carboxylic acid groups (broad SMARTS) is 1. The number of hydrogen-bond acceptors (Lipinski definition) is 4. The topological polar surface area (TPSA) is 72.2 Å². The van der Waals surface area contributed by atoms with Gasteiger partial charge in [-0.3, -0.25) is 14.2 Å². The van der Waals surface area contributed by atoms with Gasteiger partial charge in [0.15, 0.2) is 0 Å². The van der Waals surface area contributed by atoms with Crippen molar-refractivity contribution in [3.63, 3.8) is 0 Å². The van der Waals surface area contributed by atoms with Gasteiger partial charge in [0.1, 0.15) is 17.2 Å². The average Bonchev–Trinajstić information content (AvgIpc) is 2.77. The molecular formula is C17H16N2O3S. The van der Waals surface area contributed by atoms with E-state index in [9.17, 15) is 14.7 Å². The Morgan fingerprint density at radius 1 is 1.30 bits per heavy atom. The monoisotopic (exact) mass is 328 g/mol. The molecule has 2 heterocycles. The molecule has 3 rings (SSSR count). The molecule has 0 aliphatic rings. The highest BCUT2D eigenvalue weighted by Crippen LogP contribution is 2.28. The Bertz CT molecular complexity index is 985. The van der Waals surface area contributed by atoms with Crippen molar-refractivity contribution in [2.24, 2.45) is 0 Å². The summed E-state index contributed by atoms with van der Waals surface area (Å²) in [5.74, 6) is -0.665. The summed E-state index contributed by atoms with van der Waals surface area (Å²) < 4.78 is 1.25. The molecule has 0 atom stereocenters. The minimum atomic E-state index is -1.06. The summed E-state index contributed by atoms with van der Waals surface area (Å²) >= 11 is 1.46. The van der Waals surface area contributed by atoms with E-state index in [0.29, 0.717) is 16.0 Å². The summed E-state index contributed by atoms with van der Waals surface area (Å²) in [6.07, 6.45) is 0. The van der Waals surface area contributed by atoms with Crippen LogP contribution in [-0.2, 0) is 11.3 Å². The van der Waals surface area contributed by atoms with Crippen LogP contribution in [0.2, 0.25) is 0 Å². The molecule has 118 valence electrons. The molecule has 0 aliphatic carbocycles. The number of aromatic nitrogens is 2. The number of hydrogen-bond donors (Lipinski definition) is 1. The van der Waals surface area contributed by atoms with Gasteiger partial charge in [0.05, 0.1) is 5.39 Å². The Morgan fingerprint density at radius 2 is 2.04 bits per heavy atom. The van der Waals surface area contributed by atoms with Crippen molar-refractivity contribution in [2.75, 3.05) is 0 Å². The molecule has 3 aromatic rings. The van der Waals surface area contributed by atoms with Gasteiger partial charge in [0.25, 0.3) is 5.56 Å². The molecule has 0 saturated heterocycles. The van der Waals surface area contributed by atoms with Crippen LogP contribution in [-0.4, -0.2) is 20.6 Å². The van der Waals surface area contributed by atoms with Gasteiger partial charge in [-0.2, -0.15) is 0 Å². The van der Waals surface area contributed by atoms with Crippen LogP contribution in [0.1, 0.15) is 16.0 Å². The smallest absolute Gasteiger partial charge is 0.323 e. The molecule has 1 N–H and O–H groups in total. The van der Waals surface area contributed by atoms with E-state index < -0.39 is 12.5 Å². The largest absolute Gasteiger partial charge is 0.480 e. The number of aliphatic carboxylic acids is 1. The van der Waals surface area contributed by atoms with Gasteiger partial charge < -0.3 is 5.11 Å². The Labute approximate surface area is 136 Å². The molecule has 0 spiro atoms. The molecule has 6 heteroatoms. The minimum absolute atomic E-state index is 0.296. The number of rotatable bonds is 3. The number of aryl methyl sites for hydroxylation is 3. The summed E-state index contributed by atoms with van der Waals surface area (Å²) in [6.45, 7) is 5.35. The lowest BCUT2D eigenvalue weighted by molar-refractivity contribution is -0.137. The number of carboxylic acids is 1. The van der Waals surface area contributed by atoms with Gasteiger partial charge in [0.2, 0.25) is 0 Å². The zero-order valence-electron chi connectivity index (χ0n) is 13.1. The Kier molecular flexibility index (Phi) is 3.77. The van der Waals surface area contributed by atoms with Crippen molar-refractivity contribution in [2.45, 2.75) is 27.3 Å². The van der Waals surface area contributed by atoms with Crippen LogP contribution in [0.15, 0.2) is 29.1 Å². The number of carbonyl (C=O) groups is 1. The van der Waals surface area contributed by atoms with Crippen molar-refractivity contribution in [1.82, 2.24) is 9.55 Å². The van der Waals surface area contributed by atoms with Crippen LogP contribution in [0, 0.1) is 20.8 Å². The first kappa shape index (κ1) is 15.4. The van der Waals surface area contributed by atoms with Crippen molar-refractivity contribution >= 4 is 27.5 Å². The van der Waals surface area contributed by atoms with Crippen molar-refractivity contribution in [3.05, 3.63) is 50.6 Å². The molecule has 1 aromatic carbocycles. The number of nitrogens with zero attached hydrogens (tertiary/aromatic N) is 2. The molecule has 5 nitrogen and oxygen atoms in total. The van der Waals surface area contributed by atoms with E-state index in [-0.39, 0.29) is 5.56 Å². The number of thiophene rings is 1. The van der Waals surface area contributed by atoms with Gasteiger partial charge in [-0.25, -0.2) is 4.98 Å². The highest BCUT2D eigenvalue weighted by atomic mass is 32.1. The maximum Gasteiger partial charge on any atom is 0.323 e. The van der Waals surface area contributed by atoms with Crippen LogP contribution >= 0.6 is 11.3 Å². The van der Waals surface area contributed by atoms with Crippen molar-refractivity contribution < 1.29 is 9.90 Å². The van der Waals surface area contributed by atoms with E-state index in [4.69, 9.17) is 0 Å². The lowest BCUT2D eigenvalue weighted by Crippen LogP contribution is -2.26. The van der Waals surface area contributed by atoms with Gasteiger partial charge in [0, 0.05) is 10.4 Å². The third-order valence-electron chi connectivity index (χ3n) is 3.86. The second-order valence-corrected chi connectivity index (χ2v) is 6.76. The molecule has 0 saturated carbocycles. The first-order valence-electron chi connectivity index (χ1n) is 7.18. The fourth-order valence-corrected chi connectivity index (χ4v) is 3.63. The molecule has 2 aromatic heterocycles. The lowest BCUT2D eigenvalue weighted by Gasteiger charge is -2.11. The van der Waals surface area contributed by atoms with Gasteiger partial charge >= 0.3 is 5.97 Å². The third kappa shape index (κ3) is 2.66. The van der Waals surface area contributed by atoms with E-state index >= 15 is 0 Å². The van der Waals surface area contributed by atoms with Crippen LogP contribution in [0.25, 0.3) is 21.6 Å². The van der Waals surface area contributed by atoms with Gasteiger partial charge in [-0.1, -0.05) is 23.8 Å². The van der Waals surface area contributed by atoms with E-state index in [0.717, 1.165) is 21.6 Å². The van der Waals surface area contributed by atoms with Crippen LogP contribution in [0.4, 0.5) is 0 Å². The van der Waals surface area contributed by atoms with E-state index in [1.165, 1.54) is 15.9 Å². The molecule has 0 amide bonds. The Hall–Kier alpha value is -2.47. The van der Waals surface area contributed by atoms with E-state index in [1.54, 1.807) is 0 Å².